The maximum atomic E-state index is 9.71. The zero-order valence-corrected chi connectivity index (χ0v) is 7.88. The molecule has 11 heavy (non-hydrogen) atoms. The highest BCUT2D eigenvalue weighted by Crippen LogP contribution is 2.33. The van der Waals surface area contributed by atoms with E-state index in [0.29, 0.717) is 11.8 Å². The van der Waals surface area contributed by atoms with Crippen LogP contribution in [-0.4, -0.2) is 11.2 Å². The third-order valence-electron chi connectivity index (χ3n) is 2.99. The highest BCUT2D eigenvalue weighted by atomic mass is 16.3. The molecule has 0 bridgehead atoms. The van der Waals surface area contributed by atoms with Crippen molar-refractivity contribution in [2.75, 3.05) is 0 Å². The summed E-state index contributed by atoms with van der Waals surface area (Å²) in [4.78, 5) is 0. The van der Waals surface area contributed by atoms with Crippen LogP contribution in [0, 0.1) is 17.8 Å². The minimum Gasteiger partial charge on any atom is -0.393 e. The first kappa shape index (κ1) is 9.05. The van der Waals surface area contributed by atoms with E-state index >= 15 is 0 Å². The molecule has 0 aromatic carbocycles. The molecule has 0 heterocycles. The third-order valence-corrected chi connectivity index (χ3v) is 2.99. The van der Waals surface area contributed by atoms with E-state index in [-0.39, 0.29) is 6.10 Å². The van der Waals surface area contributed by atoms with Crippen molar-refractivity contribution in [2.45, 2.75) is 46.1 Å². The van der Waals surface area contributed by atoms with Crippen molar-refractivity contribution in [3.8, 4) is 0 Å². The minimum absolute atomic E-state index is 0.0289. The molecule has 66 valence electrons. The van der Waals surface area contributed by atoms with Gasteiger partial charge in [-0.15, -0.1) is 0 Å². The normalized spacial score (nSPS) is 39.5. The van der Waals surface area contributed by atoms with E-state index < -0.39 is 0 Å². The van der Waals surface area contributed by atoms with Gasteiger partial charge in [-0.25, -0.2) is 0 Å². The smallest absolute Gasteiger partial charge is 0.0573 e. The Kier molecular flexibility index (Phi) is 2.94. The first-order chi connectivity index (χ1) is 5.11. The summed E-state index contributed by atoms with van der Waals surface area (Å²) in [6.45, 7) is 6.66. The Bertz CT molecular complexity index is 120. The summed E-state index contributed by atoms with van der Waals surface area (Å²) in [5, 5.41) is 9.71. The molecule has 1 unspecified atom stereocenters. The van der Waals surface area contributed by atoms with Crippen LogP contribution >= 0.6 is 0 Å². The van der Waals surface area contributed by atoms with E-state index in [1.165, 1.54) is 12.8 Å². The van der Waals surface area contributed by atoms with Crippen LogP contribution in [-0.2, 0) is 0 Å². The molecule has 0 aromatic heterocycles. The SMILES string of the molecule is CC1CC[C@@H](C(C)C)[C@H](O)C1. The highest BCUT2D eigenvalue weighted by Gasteiger charge is 2.28. The van der Waals surface area contributed by atoms with Crippen LogP contribution < -0.4 is 0 Å². The van der Waals surface area contributed by atoms with Crippen LogP contribution in [0.3, 0.4) is 0 Å². The highest BCUT2D eigenvalue weighted by molar-refractivity contribution is 4.79. The molecule has 3 atom stereocenters. The Balaban J connectivity index is 2.44. The van der Waals surface area contributed by atoms with Crippen molar-refractivity contribution < 1.29 is 5.11 Å². The fourth-order valence-electron chi connectivity index (χ4n) is 2.15. The summed E-state index contributed by atoms with van der Waals surface area (Å²) in [5.41, 5.74) is 0. The van der Waals surface area contributed by atoms with E-state index in [9.17, 15) is 5.11 Å². The molecule has 1 N–H and O–H groups in total. The van der Waals surface area contributed by atoms with Gasteiger partial charge in [0.25, 0.3) is 0 Å². The van der Waals surface area contributed by atoms with Gasteiger partial charge in [-0.05, 0) is 30.6 Å². The van der Waals surface area contributed by atoms with E-state index in [1.54, 1.807) is 0 Å². The van der Waals surface area contributed by atoms with Crippen molar-refractivity contribution >= 4 is 0 Å². The van der Waals surface area contributed by atoms with Gasteiger partial charge in [0.15, 0.2) is 0 Å². The fourth-order valence-corrected chi connectivity index (χ4v) is 2.15. The predicted molar refractivity (Wildman–Crippen MR) is 47.3 cm³/mol. The molecule has 0 radical (unpaired) electrons. The predicted octanol–water partition coefficient (Wildman–Crippen LogP) is 2.44. The van der Waals surface area contributed by atoms with E-state index in [1.807, 2.05) is 0 Å². The van der Waals surface area contributed by atoms with Crippen molar-refractivity contribution in [1.82, 2.24) is 0 Å². The Morgan fingerprint density at radius 1 is 1.27 bits per heavy atom. The van der Waals surface area contributed by atoms with Crippen LogP contribution in [0.15, 0.2) is 0 Å². The Morgan fingerprint density at radius 3 is 2.36 bits per heavy atom. The van der Waals surface area contributed by atoms with Crippen molar-refractivity contribution in [3.05, 3.63) is 0 Å². The first-order valence-electron chi connectivity index (χ1n) is 4.79. The molecule has 1 heteroatoms. The van der Waals surface area contributed by atoms with Gasteiger partial charge in [-0.2, -0.15) is 0 Å². The molecule has 0 saturated heterocycles. The molecule has 1 aliphatic carbocycles. The molecular weight excluding hydrogens is 136 g/mol. The van der Waals surface area contributed by atoms with Crippen LogP contribution in [0.5, 0.6) is 0 Å². The van der Waals surface area contributed by atoms with Gasteiger partial charge >= 0.3 is 0 Å². The third kappa shape index (κ3) is 2.19. The zero-order chi connectivity index (χ0) is 8.43. The molecule has 1 fully saturated rings. The molecule has 0 spiro atoms. The molecule has 1 rings (SSSR count). The van der Waals surface area contributed by atoms with Crippen LogP contribution in [0.4, 0.5) is 0 Å². The summed E-state index contributed by atoms with van der Waals surface area (Å²) in [5.74, 6) is 1.95. The van der Waals surface area contributed by atoms with Gasteiger partial charge in [0, 0.05) is 0 Å². The monoisotopic (exact) mass is 156 g/mol. The summed E-state index contributed by atoms with van der Waals surface area (Å²) in [6.07, 6.45) is 3.52. The number of rotatable bonds is 1. The topological polar surface area (TPSA) is 20.2 Å². The Morgan fingerprint density at radius 2 is 1.91 bits per heavy atom. The van der Waals surface area contributed by atoms with Gasteiger partial charge in [0.1, 0.15) is 0 Å². The summed E-state index contributed by atoms with van der Waals surface area (Å²) < 4.78 is 0. The lowest BCUT2D eigenvalue weighted by Crippen LogP contribution is -2.31. The van der Waals surface area contributed by atoms with Crippen LogP contribution in [0.2, 0.25) is 0 Å². The second kappa shape index (κ2) is 3.57. The van der Waals surface area contributed by atoms with Crippen LogP contribution in [0.25, 0.3) is 0 Å². The van der Waals surface area contributed by atoms with E-state index in [0.717, 1.165) is 12.3 Å². The lowest BCUT2D eigenvalue weighted by atomic mass is 9.75. The second-order valence-corrected chi connectivity index (χ2v) is 4.39. The lowest BCUT2D eigenvalue weighted by molar-refractivity contribution is 0.0266. The maximum Gasteiger partial charge on any atom is 0.0573 e. The van der Waals surface area contributed by atoms with Gasteiger partial charge in [-0.3, -0.25) is 0 Å². The quantitative estimate of drug-likeness (QED) is 0.618. The van der Waals surface area contributed by atoms with Gasteiger partial charge in [-0.1, -0.05) is 27.2 Å². The van der Waals surface area contributed by atoms with E-state index in [2.05, 4.69) is 20.8 Å². The Labute approximate surface area is 69.8 Å². The van der Waals surface area contributed by atoms with Crippen molar-refractivity contribution in [1.29, 1.82) is 0 Å². The molecule has 1 aliphatic rings. The molecular formula is C10H20O. The zero-order valence-electron chi connectivity index (χ0n) is 7.88. The number of aliphatic hydroxyl groups excluding tert-OH is 1. The first-order valence-corrected chi connectivity index (χ1v) is 4.79. The maximum absolute atomic E-state index is 9.71. The molecule has 1 nitrogen and oxygen atoms in total. The Hall–Kier alpha value is -0.0400. The van der Waals surface area contributed by atoms with Gasteiger partial charge in [0.2, 0.25) is 0 Å². The lowest BCUT2D eigenvalue weighted by Gasteiger charge is -2.33. The van der Waals surface area contributed by atoms with Gasteiger partial charge in [0.05, 0.1) is 6.10 Å². The fraction of sp³-hybridized carbons (Fsp3) is 1.00. The average Bonchev–Trinajstić information content (AvgIpc) is 1.85. The van der Waals surface area contributed by atoms with Crippen molar-refractivity contribution in [3.63, 3.8) is 0 Å². The standard InChI is InChI=1S/C10H20O/c1-7(2)9-5-4-8(3)6-10(9)11/h7-11H,4-6H2,1-3H3/t8?,9-,10+/m0/s1. The van der Waals surface area contributed by atoms with Gasteiger partial charge < -0.3 is 5.11 Å². The molecule has 0 aliphatic heterocycles. The molecule has 0 aromatic rings. The summed E-state index contributed by atoms with van der Waals surface area (Å²) in [7, 11) is 0. The number of aliphatic hydroxyl groups is 1. The minimum atomic E-state index is -0.0289. The average molecular weight is 156 g/mol. The summed E-state index contributed by atoms with van der Waals surface area (Å²) >= 11 is 0. The molecule has 0 amide bonds. The second-order valence-electron chi connectivity index (χ2n) is 4.39. The number of hydrogen-bond donors (Lipinski definition) is 1. The largest absolute Gasteiger partial charge is 0.393 e. The summed E-state index contributed by atoms with van der Waals surface area (Å²) in [6, 6.07) is 0. The van der Waals surface area contributed by atoms with Crippen molar-refractivity contribution in [2.24, 2.45) is 17.8 Å². The number of hydrogen-bond acceptors (Lipinski definition) is 1. The van der Waals surface area contributed by atoms with E-state index in [4.69, 9.17) is 0 Å². The molecule has 1 saturated carbocycles. The van der Waals surface area contributed by atoms with Crippen LogP contribution in [0.1, 0.15) is 40.0 Å².